The number of methoxy groups -OCH3 is 1. The van der Waals surface area contributed by atoms with Crippen LogP contribution in [0.15, 0.2) is 54.6 Å². The minimum Gasteiger partial charge on any atom is -0.497 e. The first-order chi connectivity index (χ1) is 15.6. The fourth-order valence-electron chi connectivity index (χ4n) is 3.79. The Kier molecular flexibility index (Phi) is 6.79. The molecule has 2 aromatic carbocycles. The quantitative estimate of drug-likeness (QED) is 0.588. The number of rotatable bonds is 8. The highest BCUT2D eigenvalue weighted by Crippen LogP contribution is 2.19. The Morgan fingerprint density at radius 1 is 1.06 bits per heavy atom. The number of benzene rings is 2. The molecule has 0 bridgehead atoms. The van der Waals surface area contributed by atoms with Gasteiger partial charge in [0.25, 0.3) is 0 Å². The molecular formula is C24H27N5O3. The van der Waals surface area contributed by atoms with E-state index in [4.69, 9.17) is 4.74 Å². The molecule has 8 heteroatoms. The van der Waals surface area contributed by atoms with Gasteiger partial charge in [-0.05, 0) is 23.3 Å². The summed E-state index contributed by atoms with van der Waals surface area (Å²) in [5.74, 6) is 0.763. The van der Waals surface area contributed by atoms with Crippen LogP contribution in [-0.4, -0.2) is 45.4 Å². The lowest BCUT2D eigenvalue weighted by Crippen LogP contribution is -2.39. The molecule has 0 saturated heterocycles. The zero-order chi connectivity index (χ0) is 22.3. The van der Waals surface area contributed by atoms with Gasteiger partial charge in [-0.25, -0.2) is 4.68 Å². The van der Waals surface area contributed by atoms with Gasteiger partial charge in [0, 0.05) is 25.9 Å². The number of carbonyl (C=O) groups excluding carboxylic acids is 2. The zero-order valence-corrected chi connectivity index (χ0v) is 18.2. The van der Waals surface area contributed by atoms with Crippen LogP contribution < -0.4 is 10.1 Å². The molecule has 1 aromatic heterocycles. The van der Waals surface area contributed by atoms with Crippen LogP contribution >= 0.6 is 0 Å². The number of nitrogens with zero attached hydrogens (tertiary/aromatic N) is 4. The Morgan fingerprint density at radius 2 is 1.88 bits per heavy atom. The summed E-state index contributed by atoms with van der Waals surface area (Å²) in [6, 6.07) is 17.4. The third kappa shape index (κ3) is 5.32. The number of nitrogens with one attached hydrogen (secondary N) is 1. The van der Waals surface area contributed by atoms with E-state index in [0.717, 1.165) is 28.3 Å². The number of hydrogen-bond donors (Lipinski definition) is 1. The molecule has 0 radical (unpaired) electrons. The molecule has 32 heavy (non-hydrogen) atoms. The second-order valence-corrected chi connectivity index (χ2v) is 7.81. The molecule has 166 valence electrons. The lowest BCUT2D eigenvalue weighted by molar-refractivity contribution is -0.132. The highest BCUT2D eigenvalue weighted by molar-refractivity contribution is 5.79. The molecule has 0 fully saturated rings. The SMILES string of the molecule is COc1cccc(CC(=O)N2CCn3nnc(CCC(=O)NCc4ccccc4)c3C2)c1. The topological polar surface area (TPSA) is 89.3 Å². The van der Waals surface area contributed by atoms with Crippen LogP contribution in [0.1, 0.15) is 28.9 Å². The summed E-state index contributed by atoms with van der Waals surface area (Å²) in [5.41, 5.74) is 3.67. The van der Waals surface area contributed by atoms with E-state index >= 15 is 0 Å². The smallest absolute Gasteiger partial charge is 0.227 e. The van der Waals surface area contributed by atoms with E-state index in [1.807, 2.05) is 64.2 Å². The van der Waals surface area contributed by atoms with Crippen molar-refractivity contribution in [1.82, 2.24) is 25.2 Å². The molecule has 2 heterocycles. The summed E-state index contributed by atoms with van der Waals surface area (Å²) < 4.78 is 7.08. The van der Waals surface area contributed by atoms with Gasteiger partial charge < -0.3 is 15.0 Å². The second-order valence-electron chi connectivity index (χ2n) is 7.81. The molecule has 1 aliphatic rings. The van der Waals surface area contributed by atoms with Crippen LogP contribution in [0.2, 0.25) is 0 Å². The van der Waals surface area contributed by atoms with Gasteiger partial charge in [0.05, 0.1) is 38.0 Å². The summed E-state index contributed by atoms with van der Waals surface area (Å²) >= 11 is 0. The lowest BCUT2D eigenvalue weighted by Gasteiger charge is -2.28. The summed E-state index contributed by atoms with van der Waals surface area (Å²) in [6.45, 7) is 2.16. The largest absolute Gasteiger partial charge is 0.497 e. The van der Waals surface area contributed by atoms with E-state index < -0.39 is 0 Å². The molecule has 0 unspecified atom stereocenters. The van der Waals surface area contributed by atoms with E-state index in [1.165, 1.54) is 0 Å². The van der Waals surface area contributed by atoms with Gasteiger partial charge in [0.2, 0.25) is 11.8 Å². The number of aromatic nitrogens is 3. The monoisotopic (exact) mass is 433 g/mol. The molecule has 1 N–H and O–H groups in total. The average Bonchev–Trinajstić information content (AvgIpc) is 3.24. The Morgan fingerprint density at radius 3 is 2.69 bits per heavy atom. The van der Waals surface area contributed by atoms with Crippen LogP contribution in [0.25, 0.3) is 0 Å². The fourth-order valence-corrected chi connectivity index (χ4v) is 3.79. The minimum atomic E-state index is -0.0302. The van der Waals surface area contributed by atoms with Crippen molar-refractivity contribution in [3.63, 3.8) is 0 Å². The molecule has 4 rings (SSSR count). The van der Waals surface area contributed by atoms with E-state index in [1.54, 1.807) is 7.11 Å². The molecule has 2 amide bonds. The second kappa shape index (κ2) is 10.1. The van der Waals surface area contributed by atoms with Crippen molar-refractivity contribution in [3.05, 3.63) is 77.1 Å². The molecule has 0 spiro atoms. The standard InChI is InChI=1S/C24H27N5O3/c1-32-20-9-5-8-19(14-20)15-24(31)28-12-13-29-22(17-28)21(26-27-29)10-11-23(30)25-16-18-6-3-2-4-7-18/h2-9,14H,10-13,15-17H2,1H3,(H,25,30). The van der Waals surface area contributed by atoms with E-state index in [9.17, 15) is 9.59 Å². The summed E-state index contributed by atoms with van der Waals surface area (Å²) in [4.78, 5) is 27.0. The Hall–Kier alpha value is -3.68. The van der Waals surface area contributed by atoms with Crippen molar-refractivity contribution < 1.29 is 14.3 Å². The number of carbonyl (C=O) groups is 2. The van der Waals surface area contributed by atoms with Gasteiger partial charge in [-0.1, -0.05) is 47.7 Å². The zero-order valence-electron chi connectivity index (χ0n) is 18.2. The minimum absolute atomic E-state index is 0.0302. The highest BCUT2D eigenvalue weighted by Gasteiger charge is 2.25. The number of amides is 2. The first kappa shape index (κ1) is 21.5. The number of fused-ring (bicyclic) bond motifs is 1. The number of aryl methyl sites for hydroxylation is 1. The Labute approximate surface area is 187 Å². The summed E-state index contributed by atoms with van der Waals surface area (Å²) in [6.07, 6.45) is 1.14. The molecular weight excluding hydrogens is 406 g/mol. The van der Waals surface area contributed by atoms with Crippen LogP contribution in [-0.2, 0) is 42.1 Å². The van der Waals surface area contributed by atoms with E-state index in [-0.39, 0.29) is 11.8 Å². The van der Waals surface area contributed by atoms with Crippen molar-refractivity contribution in [2.24, 2.45) is 0 Å². The first-order valence-corrected chi connectivity index (χ1v) is 10.7. The Balaban J connectivity index is 1.32. The molecule has 8 nitrogen and oxygen atoms in total. The van der Waals surface area contributed by atoms with Crippen molar-refractivity contribution in [2.75, 3.05) is 13.7 Å². The van der Waals surface area contributed by atoms with Gasteiger partial charge in [-0.2, -0.15) is 0 Å². The molecule has 1 aliphatic heterocycles. The van der Waals surface area contributed by atoms with Gasteiger partial charge in [-0.3, -0.25) is 9.59 Å². The van der Waals surface area contributed by atoms with Gasteiger partial charge in [0.15, 0.2) is 0 Å². The van der Waals surface area contributed by atoms with Crippen LogP contribution in [0.5, 0.6) is 5.75 Å². The maximum Gasteiger partial charge on any atom is 0.227 e. The van der Waals surface area contributed by atoms with Crippen molar-refractivity contribution in [2.45, 2.75) is 38.9 Å². The average molecular weight is 434 g/mol. The number of ether oxygens (including phenoxy) is 1. The van der Waals surface area contributed by atoms with E-state index in [0.29, 0.717) is 45.4 Å². The van der Waals surface area contributed by atoms with Crippen molar-refractivity contribution in [1.29, 1.82) is 0 Å². The predicted octanol–water partition coefficient (Wildman–Crippen LogP) is 2.12. The van der Waals surface area contributed by atoms with Crippen molar-refractivity contribution in [3.8, 4) is 5.75 Å². The highest BCUT2D eigenvalue weighted by atomic mass is 16.5. The van der Waals surface area contributed by atoms with Gasteiger partial charge >= 0.3 is 0 Å². The summed E-state index contributed by atoms with van der Waals surface area (Å²) in [5, 5.41) is 11.4. The molecule has 3 aromatic rings. The van der Waals surface area contributed by atoms with Crippen LogP contribution in [0.4, 0.5) is 0 Å². The van der Waals surface area contributed by atoms with E-state index in [2.05, 4.69) is 15.6 Å². The third-order valence-corrected chi connectivity index (χ3v) is 5.60. The maximum absolute atomic E-state index is 12.9. The van der Waals surface area contributed by atoms with Crippen molar-refractivity contribution >= 4 is 11.8 Å². The maximum atomic E-state index is 12.9. The normalized spacial score (nSPS) is 12.8. The summed E-state index contributed by atoms with van der Waals surface area (Å²) in [7, 11) is 1.61. The van der Waals surface area contributed by atoms with Gasteiger partial charge in [0.1, 0.15) is 5.75 Å². The van der Waals surface area contributed by atoms with Crippen LogP contribution in [0, 0.1) is 0 Å². The van der Waals surface area contributed by atoms with Crippen LogP contribution in [0.3, 0.4) is 0 Å². The third-order valence-electron chi connectivity index (χ3n) is 5.60. The first-order valence-electron chi connectivity index (χ1n) is 10.7. The fraction of sp³-hybridized carbons (Fsp3) is 0.333. The predicted molar refractivity (Wildman–Crippen MR) is 119 cm³/mol. The molecule has 0 atom stereocenters. The number of hydrogen-bond acceptors (Lipinski definition) is 5. The Bertz CT molecular complexity index is 1080. The van der Waals surface area contributed by atoms with Gasteiger partial charge in [-0.15, -0.1) is 5.10 Å². The lowest BCUT2D eigenvalue weighted by atomic mass is 10.1. The molecule has 0 saturated carbocycles. The molecule has 0 aliphatic carbocycles.